The summed E-state index contributed by atoms with van der Waals surface area (Å²) in [6.07, 6.45) is 3.40. The summed E-state index contributed by atoms with van der Waals surface area (Å²) >= 11 is 3.31. The van der Waals surface area contributed by atoms with E-state index in [4.69, 9.17) is 5.11 Å². The molecular formula is C12H9BrN2O. The molecule has 0 atom stereocenters. The molecule has 0 radical (unpaired) electrons. The Morgan fingerprint density at radius 3 is 2.50 bits per heavy atom. The van der Waals surface area contributed by atoms with E-state index in [2.05, 4.69) is 25.9 Å². The largest absolute Gasteiger partial charge is 0.508 e. The van der Waals surface area contributed by atoms with E-state index in [-0.39, 0.29) is 5.75 Å². The van der Waals surface area contributed by atoms with Crippen LogP contribution in [0.15, 0.2) is 52.1 Å². The first-order chi connectivity index (χ1) is 7.74. The van der Waals surface area contributed by atoms with Gasteiger partial charge in [-0.3, -0.25) is 0 Å². The number of pyridine rings is 1. The highest BCUT2D eigenvalue weighted by Gasteiger charge is 1.91. The van der Waals surface area contributed by atoms with Crippen molar-refractivity contribution in [2.45, 2.75) is 0 Å². The summed E-state index contributed by atoms with van der Waals surface area (Å²) in [5, 5.41) is 9.11. The van der Waals surface area contributed by atoms with Gasteiger partial charge in [-0.25, -0.2) is 9.98 Å². The highest BCUT2D eigenvalue weighted by molar-refractivity contribution is 9.10. The van der Waals surface area contributed by atoms with E-state index in [1.54, 1.807) is 36.7 Å². The number of hydrogen-bond donors (Lipinski definition) is 1. The predicted octanol–water partition coefficient (Wildman–Crippen LogP) is 3.30. The standard InChI is InChI=1S/C12H9BrN2O/c13-10-3-6-12(15-8-10)14-7-9-1-4-11(16)5-2-9/h1-8,16H. The van der Waals surface area contributed by atoms with Crippen molar-refractivity contribution in [3.63, 3.8) is 0 Å². The SMILES string of the molecule is Oc1ccc(C=Nc2ccc(Br)cn2)cc1. The summed E-state index contributed by atoms with van der Waals surface area (Å²) in [5.74, 6) is 0.898. The minimum atomic E-state index is 0.249. The predicted molar refractivity (Wildman–Crippen MR) is 67.3 cm³/mol. The van der Waals surface area contributed by atoms with E-state index in [1.165, 1.54) is 0 Å². The summed E-state index contributed by atoms with van der Waals surface area (Å²) in [7, 11) is 0. The van der Waals surface area contributed by atoms with E-state index < -0.39 is 0 Å². The molecule has 1 heterocycles. The number of rotatable bonds is 2. The molecule has 0 unspecified atom stereocenters. The lowest BCUT2D eigenvalue weighted by Crippen LogP contribution is -1.80. The molecule has 3 nitrogen and oxygen atoms in total. The van der Waals surface area contributed by atoms with Gasteiger partial charge in [0.2, 0.25) is 0 Å². The van der Waals surface area contributed by atoms with Crippen LogP contribution in [-0.2, 0) is 0 Å². The quantitative estimate of drug-likeness (QED) is 0.856. The second kappa shape index (κ2) is 4.90. The van der Waals surface area contributed by atoms with Crippen LogP contribution in [-0.4, -0.2) is 16.3 Å². The van der Waals surface area contributed by atoms with E-state index in [9.17, 15) is 0 Å². The fraction of sp³-hybridized carbons (Fsp3) is 0. The lowest BCUT2D eigenvalue weighted by Gasteiger charge is -1.94. The second-order valence-electron chi connectivity index (χ2n) is 3.18. The summed E-state index contributed by atoms with van der Waals surface area (Å²) in [6.45, 7) is 0. The average molecular weight is 277 g/mol. The summed E-state index contributed by atoms with van der Waals surface area (Å²) in [6, 6.07) is 10.5. The number of benzene rings is 1. The number of halogens is 1. The van der Waals surface area contributed by atoms with Gasteiger partial charge in [0.05, 0.1) is 0 Å². The fourth-order valence-corrected chi connectivity index (χ4v) is 1.38. The summed E-state index contributed by atoms with van der Waals surface area (Å²) < 4.78 is 0.927. The monoisotopic (exact) mass is 276 g/mol. The molecule has 0 aliphatic heterocycles. The first-order valence-corrected chi connectivity index (χ1v) is 5.48. The molecule has 2 rings (SSSR count). The third-order valence-corrected chi connectivity index (χ3v) is 2.42. The zero-order valence-electron chi connectivity index (χ0n) is 8.34. The van der Waals surface area contributed by atoms with Gasteiger partial charge in [0.1, 0.15) is 5.75 Å². The molecule has 1 N–H and O–H groups in total. The minimum Gasteiger partial charge on any atom is -0.508 e. The van der Waals surface area contributed by atoms with Crippen molar-refractivity contribution >= 4 is 28.0 Å². The van der Waals surface area contributed by atoms with Crippen LogP contribution in [0.4, 0.5) is 5.82 Å². The van der Waals surface area contributed by atoms with E-state index in [1.807, 2.05) is 12.1 Å². The number of aromatic hydroxyl groups is 1. The van der Waals surface area contributed by atoms with E-state index in [0.717, 1.165) is 10.0 Å². The minimum absolute atomic E-state index is 0.249. The van der Waals surface area contributed by atoms with Crippen molar-refractivity contribution < 1.29 is 5.11 Å². The van der Waals surface area contributed by atoms with E-state index >= 15 is 0 Å². The molecule has 0 saturated heterocycles. The number of nitrogens with zero attached hydrogens (tertiary/aromatic N) is 2. The van der Waals surface area contributed by atoms with Gasteiger partial charge >= 0.3 is 0 Å². The van der Waals surface area contributed by atoms with Crippen LogP contribution in [0.1, 0.15) is 5.56 Å². The Balaban J connectivity index is 2.15. The van der Waals surface area contributed by atoms with Gasteiger partial charge in [-0.1, -0.05) is 0 Å². The summed E-state index contributed by atoms with van der Waals surface area (Å²) in [4.78, 5) is 8.33. The van der Waals surface area contributed by atoms with Gasteiger partial charge in [0, 0.05) is 16.9 Å². The normalized spacial score (nSPS) is 10.8. The maximum Gasteiger partial charge on any atom is 0.151 e. The molecule has 0 saturated carbocycles. The molecule has 2 aromatic rings. The molecule has 16 heavy (non-hydrogen) atoms. The third kappa shape index (κ3) is 2.90. The Hall–Kier alpha value is -1.68. The van der Waals surface area contributed by atoms with Crippen molar-refractivity contribution in [2.24, 2.45) is 4.99 Å². The molecule has 4 heteroatoms. The molecule has 0 aliphatic carbocycles. The maximum absolute atomic E-state index is 9.11. The number of phenols is 1. The van der Waals surface area contributed by atoms with Gasteiger partial charge in [-0.2, -0.15) is 0 Å². The third-order valence-electron chi connectivity index (χ3n) is 1.95. The summed E-state index contributed by atoms with van der Waals surface area (Å²) in [5.41, 5.74) is 0.919. The Labute approximate surface area is 102 Å². The second-order valence-corrected chi connectivity index (χ2v) is 4.10. The first-order valence-electron chi connectivity index (χ1n) is 4.69. The van der Waals surface area contributed by atoms with Crippen molar-refractivity contribution in [3.05, 3.63) is 52.6 Å². The first kappa shape index (κ1) is 10.8. The molecule has 0 spiro atoms. The molecule has 0 amide bonds. The Morgan fingerprint density at radius 2 is 1.88 bits per heavy atom. The number of hydrogen-bond acceptors (Lipinski definition) is 3. The molecule has 1 aromatic heterocycles. The molecule has 0 bridgehead atoms. The number of aromatic nitrogens is 1. The van der Waals surface area contributed by atoms with Gasteiger partial charge in [0.15, 0.2) is 5.82 Å². The molecule has 1 aromatic carbocycles. The molecule has 0 aliphatic rings. The van der Waals surface area contributed by atoms with Gasteiger partial charge in [-0.05, 0) is 57.9 Å². The van der Waals surface area contributed by atoms with Crippen molar-refractivity contribution in [2.75, 3.05) is 0 Å². The van der Waals surface area contributed by atoms with Crippen LogP contribution in [0, 0.1) is 0 Å². The van der Waals surface area contributed by atoms with Gasteiger partial charge < -0.3 is 5.11 Å². The maximum atomic E-state index is 9.11. The molecular weight excluding hydrogens is 268 g/mol. The van der Waals surface area contributed by atoms with Crippen LogP contribution >= 0.6 is 15.9 Å². The zero-order valence-corrected chi connectivity index (χ0v) is 9.92. The molecule has 80 valence electrons. The van der Waals surface area contributed by atoms with Crippen molar-refractivity contribution in [1.82, 2.24) is 4.98 Å². The van der Waals surface area contributed by atoms with Gasteiger partial charge in [0.25, 0.3) is 0 Å². The van der Waals surface area contributed by atoms with Crippen molar-refractivity contribution in [1.29, 1.82) is 0 Å². The number of aliphatic imine (C=N–C) groups is 1. The lowest BCUT2D eigenvalue weighted by atomic mass is 10.2. The Kier molecular flexibility index (Phi) is 3.31. The highest BCUT2D eigenvalue weighted by atomic mass is 79.9. The van der Waals surface area contributed by atoms with E-state index in [0.29, 0.717) is 5.82 Å². The van der Waals surface area contributed by atoms with Crippen LogP contribution < -0.4 is 0 Å². The smallest absolute Gasteiger partial charge is 0.151 e. The molecule has 0 fully saturated rings. The van der Waals surface area contributed by atoms with Crippen LogP contribution in [0.3, 0.4) is 0 Å². The fourth-order valence-electron chi connectivity index (χ4n) is 1.15. The average Bonchev–Trinajstić information content (AvgIpc) is 2.30. The van der Waals surface area contributed by atoms with Crippen LogP contribution in [0.5, 0.6) is 5.75 Å². The van der Waals surface area contributed by atoms with Crippen molar-refractivity contribution in [3.8, 4) is 5.75 Å². The van der Waals surface area contributed by atoms with Crippen LogP contribution in [0.2, 0.25) is 0 Å². The lowest BCUT2D eigenvalue weighted by molar-refractivity contribution is 0.475. The Morgan fingerprint density at radius 1 is 1.12 bits per heavy atom. The van der Waals surface area contributed by atoms with Crippen LogP contribution in [0.25, 0.3) is 0 Å². The number of phenolic OH excluding ortho intramolecular Hbond substituents is 1. The van der Waals surface area contributed by atoms with Gasteiger partial charge in [-0.15, -0.1) is 0 Å². The topological polar surface area (TPSA) is 45.5 Å². The highest BCUT2D eigenvalue weighted by Crippen LogP contribution is 2.13. The zero-order chi connectivity index (χ0) is 11.4. The Bertz CT molecular complexity index is 444.